The van der Waals surface area contributed by atoms with Crippen molar-refractivity contribution < 1.29 is 28.6 Å². The van der Waals surface area contributed by atoms with Gasteiger partial charge in [-0.2, -0.15) is 0 Å². The van der Waals surface area contributed by atoms with Gasteiger partial charge in [0.25, 0.3) is 5.91 Å². The third kappa shape index (κ3) is 6.48. The van der Waals surface area contributed by atoms with E-state index in [9.17, 15) is 18.8 Å². The summed E-state index contributed by atoms with van der Waals surface area (Å²) in [4.78, 5) is 32.9. The highest BCUT2D eigenvalue weighted by Gasteiger charge is 2.13. The minimum atomic E-state index is -1.22. The number of ether oxygens (including phenoxy) is 1. The number of halogens is 1. The van der Waals surface area contributed by atoms with Gasteiger partial charge in [-0.3, -0.25) is 10.1 Å². The van der Waals surface area contributed by atoms with Gasteiger partial charge in [-0.1, -0.05) is 12.1 Å². The maximum Gasteiger partial charge on any atom is 0.329 e. The van der Waals surface area contributed by atoms with Crippen LogP contribution in [-0.4, -0.2) is 36.2 Å². The van der Waals surface area contributed by atoms with Gasteiger partial charge in [-0.05, 0) is 24.6 Å². The van der Waals surface area contributed by atoms with E-state index in [0.29, 0.717) is 5.56 Å². The molecule has 0 saturated heterocycles. The Hall–Kier alpha value is -2.48. The van der Waals surface area contributed by atoms with Gasteiger partial charge in [0.2, 0.25) is 0 Å². The van der Waals surface area contributed by atoms with Gasteiger partial charge >= 0.3 is 12.0 Å². The van der Waals surface area contributed by atoms with E-state index in [-0.39, 0.29) is 0 Å². The number of hydrogen-bond acceptors (Lipinski definition) is 4. The molecule has 0 aromatic heterocycles. The lowest BCUT2D eigenvalue weighted by Gasteiger charge is -2.14. The standard InChI is InChI=1S/C13H15FN2O5/c1-8(9-3-2-4-10(14)5-9)15-13(20)16-11(17)6-21-7-12(18)19/h2-5,8H,6-7H2,1H3,(H,18,19)(H2,15,16,17,20). The fraction of sp³-hybridized carbons (Fsp3) is 0.308. The van der Waals surface area contributed by atoms with Crippen molar-refractivity contribution in [3.05, 3.63) is 35.6 Å². The molecule has 0 saturated carbocycles. The fourth-order valence-electron chi connectivity index (χ4n) is 1.49. The number of amides is 3. The van der Waals surface area contributed by atoms with Crippen LogP contribution in [0.3, 0.4) is 0 Å². The summed E-state index contributed by atoms with van der Waals surface area (Å²) in [5.74, 6) is -2.42. The summed E-state index contributed by atoms with van der Waals surface area (Å²) in [6.07, 6.45) is 0. The van der Waals surface area contributed by atoms with Crippen molar-refractivity contribution in [2.45, 2.75) is 13.0 Å². The third-order valence-electron chi connectivity index (χ3n) is 2.41. The Morgan fingerprint density at radius 1 is 1.33 bits per heavy atom. The number of urea groups is 1. The van der Waals surface area contributed by atoms with E-state index in [1.54, 1.807) is 13.0 Å². The van der Waals surface area contributed by atoms with Gasteiger partial charge in [0, 0.05) is 0 Å². The van der Waals surface area contributed by atoms with Crippen LogP contribution in [0.25, 0.3) is 0 Å². The van der Waals surface area contributed by atoms with Gasteiger partial charge in [0.05, 0.1) is 6.04 Å². The number of carboxylic acid groups (broad SMARTS) is 1. The van der Waals surface area contributed by atoms with Crippen molar-refractivity contribution in [3.63, 3.8) is 0 Å². The lowest BCUT2D eigenvalue weighted by Crippen LogP contribution is -2.42. The summed E-state index contributed by atoms with van der Waals surface area (Å²) in [5, 5.41) is 12.7. The summed E-state index contributed by atoms with van der Waals surface area (Å²) in [6.45, 7) is 0.447. The predicted molar refractivity (Wildman–Crippen MR) is 69.9 cm³/mol. The molecule has 0 aliphatic rings. The van der Waals surface area contributed by atoms with Crippen LogP contribution in [0.2, 0.25) is 0 Å². The van der Waals surface area contributed by atoms with Crippen molar-refractivity contribution in [2.75, 3.05) is 13.2 Å². The van der Waals surface area contributed by atoms with E-state index in [4.69, 9.17) is 5.11 Å². The van der Waals surface area contributed by atoms with Crippen LogP contribution >= 0.6 is 0 Å². The van der Waals surface area contributed by atoms with Crippen LogP contribution in [-0.2, 0) is 14.3 Å². The van der Waals surface area contributed by atoms with Gasteiger partial charge in [0.15, 0.2) is 0 Å². The minimum Gasteiger partial charge on any atom is -0.480 e. The molecule has 0 fully saturated rings. The van der Waals surface area contributed by atoms with E-state index in [2.05, 4.69) is 10.1 Å². The Morgan fingerprint density at radius 2 is 2.05 bits per heavy atom. The number of benzene rings is 1. The van der Waals surface area contributed by atoms with E-state index in [1.807, 2.05) is 5.32 Å². The van der Waals surface area contributed by atoms with Crippen LogP contribution in [0, 0.1) is 5.82 Å². The molecule has 0 aliphatic carbocycles. The molecule has 0 spiro atoms. The molecule has 1 aromatic rings. The second-order valence-corrected chi connectivity index (χ2v) is 4.18. The molecule has 0 aliphatic heterocycles. The molecule has 3 amide bonds. The number of rotatable bonds is 6. The van der Waals surface area contributed by atoms with Gasteiger partial charge in [-0.25, -0.2) is 14.0 Å². The molecule has 1 atom stereocenters. The number of carbonyl (C=O) groups is 3. The van der Waals surface area contributed by atoms with Crippen molar-refractivity contribution in [3.8, 4) is 0 Å². The second kappa shape index (κ2) is 7.95. The first-order valence-corrected chi connectivity index (χ1v) is 6.04. The highest BCUT2D eigenvalue weighted by molar-refractivity contribution is 5.95. The first kappa shape index (κ1) is 16.6. The van der Waals surface area contributed by atoms with Crippen molar-refractivity contribution in [2.24, 2.45) is 0 Å². The zero-order valence-corrected chi connectivity index (χ0v) is 11.3. The number of aliphatic carboxylic acids is 1. The van der Waals surface area contributed by atoms with Crippen molar-refractivity contribution in [1.82, 2.24) is 10.6 Å². The first-order chi connectivity index (χ1) is 9.88. The number of carboxylic acids is 1. The quantitative estimate of drug-likeness (QED) is 0.721. The number of carbonyl (C=O) groups excluding carboxylic acids is 2. The Labute approximate surface area is 120 Å². The highest BCUT2D eigenvalue weighted by atomic mass is 19.1. The predicted octanol–water partition coefficient (Wildman–Crippen LogP) is 0.814. The third-order valence-corrected chi connectivity index (χ3v) is 2.41. The number of imide groups is 1. The highest BCUT2D eigenvalue weighted by Crippen LogP contribution is 2.12. The summed E-state index contributed by atoms with van der Waals surface area (Å²) in [6, 6.07) is 4.39. The topological polar surface area (TPSA) is 105 Å². The summed E-state index contributed by atoms with van der Waals surface area (Å²) >= 11 is 0. The van der Waals surface area contributed by atoms with Gasteiger partial charge in [0.1, 0.15) is 19.0 Å². The van der Waals surface area contributed by atoms with Gasteiger partial charge in [-0.15, -0.1) is 0 Å². The Morgan fingerprint density at radius 3 is 2.67 bits per heavy atom. The average molecular weight is 298 g/mol. The Bertz CT molecular complexity index is 535. The average Bonchev–Trinajstić information content (AvgIpc) is 2.37. The molecule has 8 heteroatoms. The molecule has 0 heterocycles. The van der Waals surface area contributed by atoms with E-state index in [0.717, 1.165) is 0 Å². The molecule has 0 radical (unpaired) electrons. The Balaban J connectivity index is 2.39. The summed E-state index contributed by atoms with van der Waals surface area (Å²) in [5.41, 5.74) is 0.541. The molecule has 1 rings (SSSR count). The molecule has 1 aromatic carbocycles. The van der Waals surface area contributed by atoms with Crippen molar-refractivity contribution in [1.29, 1.82) is 0 Å². The van der Waals surface area contributed by atoms with E-state index < -0.39 is 43.0 Å². The minimum absolute atomic E-state index is 0.431. The van der Waals surface area contributed by atoms with Crippen LogP contribution < -0.4 is 10.6 Å². The van der Waals surface area contributed by atoms with E-state index in [1.165, 1.54) is 18.2 Å². The van der Waals surface area contributed by atoms with E-state index >= 15 is 0 Å². The van der Waals surface area contributed by atoms with Gasteiger partial charge < -0.3 is 15.2 Å². The number of nitrogens with one attached hydrogen (secondary N) is 2. The molecular weight excluding hydrogens is 283 g/mol. The SMILES string of the molecule is CC(NC(=O)NC(=O)COCC(=O)O)c1cccc(F)c1. The van der Waals surface area contributed by atoms with Crippen LogP contribution in [0.1, 0.15) is 18.5 Å². The molecule has 114 valence electrons. The molecule has 1 unspecified atom stereocenters. The van der Waals surface area contributed by atoms with Crippen LogP contribution in [0.4, 0.5) is 9.18 Å². The monoisotopic (exact) mass is 298 g/mol. The molecule has 7 nitrogen and oxygen atoms in total. The maximum absolute atomic E-state index is 13.0. The zero-order chi connectivity index (χ0) is 15.8. The smallest absolute Gasteiger partial charge is 0.329 e. The molecular formula is C13H15FN2O5. The molecule has 21 heavy (non-hydrogen) atoms. The normalized spacial score (nSPS) is 11.5. The largest absolute Gasteiger partial charge is 0.480 e. The molecule has 0 bridgehead atoms. The fourth-order valence-corrected chi connectivity index (χ4v) is 1.49. The van der Waals surface area contributed by atoms with Crippen LogP contribution in [0.15, 0.2) is 24.3 Å². The Kier molecular flexibility index (Phi) is 6.28. The first-order valence-electron chi connectivity index (χ1n) is 6.04. The summed E-state index contributed by atoms with van der Waals surface area (Å²) in [7, 11) is 0. The lowest BCUT2D eigenvalue weighted by molar-refractivity contribution is -0.143. The zero-order valence-electron chi connectivity index (χ0n) is 11.3. The summed E-state index contributed by atoms with van der Waals surface area (Å²) < 4.78 is 17.6. The van der Waals surface area contributed by atoms with Crippen molar-refractivity contribution >= 4 is 17.9 Å². The molecule has 3 N–H and O–H groups in total. The lowest BCUT2D eigenvalue weighted by atomic mass is 10.1. The maximum atomic E-state index is 13.0. The second-order valence-electron chi connectivity index (χ2n) is 4.18. The number of hydrogen-bond donors (Lipinski definition) is 3. The van der Waals surface area contributed by atoms with Crippen LogP contribution in [0.5, 0.6) is 0 Å².